The summed E-state index contributed by atoms with van der Waals surface area (Å²) in [5, 5.41) is 3.79. The highest BCUT2D eigenvalue weighted by molar-refractivity contribution is 5.82. The van der Waals surface area contributed by atoms with Gasteiger partial charge in [-0.25, -0.2) is 0 Å². The minimum atomic E-state index is 0.323. The summed E-state index contributed by atoms with van der Waals surface area (Å²) < 4.78 is 5.49. The number of hydrogen-bond donors (Lipinski definition) is 1. The molecular formula is C27H26N2O. The third-order valence-corrected chi connectivity index (χ3v) is 6.08. The largest absolute Gasteiger partial charge is 0.494 e. The molecule has 3 nitrogen and oxygen atoms in total. The topological polar surface area (TPSA) is 33.6 Å². The van der Waals surface area contributed by atoms with Gasteiger partial charge in [-0.3, -0.25) is 4.99 Å². The fourth-order valence-electron chi connectivity index (χ4n) is 4.61. The third-order valence-electron chi connectivity index (χ3n) is 6.08. The quantitative estimate of drug-likeness (QED) is 0.388. The van der Waals surface area contributed by atoms with Crippen molar-refractivity contribution in [2.45, 2.75) is 25.3 Å². The lowest BCUT2D eigenvalue weighted by atomic mass is 9.77. The average molecular weight is 395 g/mol. The first-order valence-electron chi connectivity index (χ1n) is 10.7. The van der Waals surface area contributed by atoms with E-state index in [2.05, 4.69) is 71.0 Å². The fourth-order valence-corrected chi connectivity index (χ4v) is 4.61. The number of benzene rings is 3. The van der Waals surface area contributed by atoms with Gasteiger partial charge in [-0.15, -0.1) is 0 Å². The molecule has 5 rings (SSSR count). The van der Waals surface area contributed by atoms with Crippen molar-refractivity contribution in [2.75, 3.05) is 11.9 Å². The average Bonchev–Trinajstić information content (AvgIpc) is 3.29. The number of nitrogens with zero attached hydrogens (tertiary/aromatic N) is 1. The van der Waals surface area contributed by atoms with Crippen molar-refractivity contribution in [2.24, 2.45) is 10.9 Å². The molecule has 3 atom stereocenters. The van der Waals surface area contributed by atoms with E-state index in [4.69, 9.17) is 4.74 Å². The van der Waals surface area contributed by atoms with Crippen molar-refractivity contribution >= 4 is 17.6 Å². The Labute approximate surface area is 178 Å². The molecule has 0 bridgehead atoms. The molecule has 0 saturated carbocycles. The molecular weight excluding hydrogens is 368 g/mol. The smallest absolute Gasteiger partial charge is 0.119 e. The highest BCUT2D eigenvalue weighted by atomic mass is 16.5. The second-order valence-corrected chi connectivity index (χ2v) is 7.91. The van der Waals surface area contributed by atoms with Crippen LogP contribution < -0.4 is 10.1 Å². The van der Waals surface area contributed by atoms with E-state index in [0.717, 1.165) is 23.4 Å². The van der Waals surface area contributed by atoms with Crippen LogP contribution >= 0.6 is 0 Å². The van der Waals surface area contributed by atoms with E-state index in [0.29, 0.717) is 24.5 Å². The molecule has 150 valence electrons. The van der Waals surface area contributed by atoms with Gasteiger partial charge in [-0.05, 0) is 78.4 Å². The summed E-state index contributed by atoms with van der Waals surface area (Å²) in [6.45, 7) is 2.67. The lowest BCUT2D eigenvalue weighted by Gasteiger charge is -2.37. The normalized spacial score (nSPS) is 21.8. The molecule has 30 heavy (non-hydrogen) atoms. The predicted molar refractivity (Wildman–Crippen MR) is 124 cm³/mol. The molecule has 0 amide bonds. The number of allylic oxidation sites excluding steroid dienone is 2. The van der Waals surface area contributed by atoms with Gasteiger partial charge in [0.05, 0.1) is 18.3 Å². The number of hydrogen-bond acceptors (Lipinski definition) is 3. The highest BCUT2D eigenvalue weighted by Gasteiger charge is 2.37. The number of fused-ring (bicyclic) bond motifs is 3. The van der Waals surface area contributed by atoms with Crippen molar-refractivity contribution in [3.8, 4) is 5.75 Å². The van der Waals surface area contributed by atoms with Crippen molar-refractivity contribution in [3.05, 3.63) is 102 Å². The lowest BCUT2D eigenvalue weighted by Crippen LogP contribution is -2.28. The van der Waals surface area contributed by atoms with Gasteiger partial charge >= 0.3 is 0 Å². The Kier molecular flexibility index (Phi) is 5.10. The summed E-state index contributed by atoms with van der Waals surface area (Å²) in [5.41, 5.74) is 6.03. The number of para-hydroxylation sites is 1. The van der Waals surface area contributed by atoms with Crippen LogP contribution in [0.25, 0.3) is 0 Å². The Bertz CT molecular complexity index is 1070. The van der Waals surface area contributed by atoms with Crippen LogP contribution in [0, 0.1) is 5.92 Å². The molecule has 3 aromatic rings. The van der Waals surface area contributed by atoms with Gasteiger partial charge in [-0.1, -0.05) is 42.5 Å². The summed E-state index contributed by atoms with van der Waals surface area (Å²) in [7, 11) is 0. The summed E-state index contributed by atoms with van der Waals surface area (Å²) >= 11 is 0. The fraction of sp³-hybridized carbons (Fsp3) is 0.222. The monoisotopic (exact) mass is 394 g/mol. The maximum atomic E-state index is 5.49. The maximum absolute atomic E-state index is 5.49. The number of anilines is 1. The molecule has 1 aliphatic heterocycles. The second kappa shape index (κ2) is 8.19. The molecule has 1 aliphatic carbocycles. The minimum Gasteiger partial charge on any atom is -0.494 e. The molecule has 3 heteroatoms. The van der Waals surface area contributed by atoms with Crippen molar-refractivity contribution < 1.29 is 4.74 Å². The van der Waals surface area contributed by atoms with Gasteiger partial charge < -0.3 is 10.1 Å². The van der Waals surface area contributed by atoms with E-state index < -0.39 is 0 Å². The Morgan fingerprint density at radius 2 is 1.80 bits per heavy atom. The van der Waals surface area contributed by atoms with E-state index in [1.165, 1.54) is 16.8 Å². The molecule has 0 fully saturated rings. The van der Waals surface area contributed by atoms with Crippen molar-refractivity contribution in [1.82, 2.24) is 0 Å². The van der Waals surface area contributed by atoms with Gasteiger partial charge in [0.25, 0.3) is 0 Å². The lowest BCUT2D eigenvalue weighted by molar-refractivity contribution is 0.340. The Morgan fingerprint density at radius 3 is 2.60 bits per heavy atom. The van der Waals surface area contributed by atoms with Crippen LogP contribution in [0.15, 0.2) is 89.9 Å². The van der Waals surface area contributed by atoms with Gasteiger partial charge in [0.15, 0.2) is 0 Å². The Balaban J connectivity index is 1.33. The van der Waals surface area contributed by atoms with Crippen molar-refractivity contribution in [3.63, 3.8) is 0 Å². The number of aliphatic imine (C=N–C) groups is 1. The zero-order valence-electron chi connectivity index (χ0n) is 17.2. The molecule has 0 aromatic heterocycles. The molecule has 3 aromatic carbocycles. The van der Waals surface area contributed by atoms with Crippen LogP contribution in [0.3, 0.4) is 0 Å². The Hall–Kier alpha value is -3.33. The first-order valence-corrected chi connectivity index (χ1v) is 10.7. The molecule has 0 spiro atoms. The zero-order chi connectivity index (χ0) is 20.3. The van der Waals surface area contributed by atoms with Crippen LogP contribution in [0.2, 0.25) is 0 Å². The second-order valence-electron chi connectivity index (χ2n) is 7.91. The summed E-state index contributed by atoms with van der Waals surface area (Å²) in [6.07, 6.45) is 7.74. The van der Waals surface area contributed by atoms with Crippen LogP contribution in [-0.4, -0.2) is 12.8 Å². The molecule has 0 unspecified atom stereocenters. The van der Waals surface area contributed by atoms with Gasteiger partial charge in [0, 0.05) is 17.8 Å². The SMILES string of the molecule is CCOc1ccc(C=Nc2ccc([C@@H]3Nc4ccccc4[C@@H]4C=CC[C@@H]43)cc2)cc1. The van der Waals surface area contributed by atoms with Gasteiger partial charge in [0.1, 0.15) is 5.75 Å². The maximum Gasteiger partial charge on any atom is 0.119 e. The van der Waals surface area contributed by atoms with E-state index >= 15 is 0 Å². The molecule has 1 N–H and O–H groups in total. The summed E-state index contributed by atoms with van der Waals surface area (Å²) in [4.78, 5) is 4.64. The minimum absolute atomic E-state index is 0.323. The van der Waals surface area contributed by atoms with Crippen molar-refractivity contribution in [1.29, 1.82) is 0 Å². The Morgan fingerprint density at radius 1 is 1.00 bits per heavy atom. The summed E-state index contributed by atoms with van der Waals surface area (Å²) in [5.74, 6) is 1.96. The molecule has 1 heterocycles. The van der Waals surface area contributed by atoms with E-state index in [1.807, 2.05) is 37.4 Å². The standard InChI is InChI=1S/C27H26N2O/c1-2-30-22-16-10-19(11-17-22)18-28-21-14-12-20(13-15-21)27-25-8-5-7-23(25)24-6-3-4-9-26(24)29-27/h3-7,9-18,23,25,27,29H,2,8H2,1H3/t23-,25-,27-/m0/s1. The number of rotatable bonds is 5. The van der Waals surface area contributed by atoms with Crippen LogP contribution in [0.1, 0.15) is 42.0 Å². The van der Waals surface area contributed by atoms with E-state index in [9.17, 15) is 0 Å². The van der Waals surface area contributed by atoms with E-state index in [1.54, 1.807) is 0 Å². The number of nitrogens with one attached hydrogen (secondary N) is 1. The third kappa shape index (κ3) is 3.63. The van der Waals surface area contributed by atoms with E-state index in [-0.39, 0.29) is 0 Å². The molecule has 0 radical (unpaired) electrons. The zero-order valence-corrected chi connectivity index (χ0v) is 17.2. The molecule has 0 saturated heterocycles. The molecule has 2 aliphatic rings. The predicted octanol–water partition coefficient (Wildman–Crippen LogP) is 6.66. The number of ether oxygens (including phenoxy) is 1. The highest BCUT2D eigenvalue weighted by Crippen LogP contribution is 2.49. The first kappa shape index (κ1) is 18.7. The van der Waals surface area contributed by atoms with Crippen LogP contribution in [-0.2, 0) is 0 Å². The summed E-state index contributed by atoms with van der Waals surface area (Å²) in [6, 6.07) is 25.7. The van der Waals surface area contributed by atoms with Gasteiger partial charge in [0.2, 0.25) is 0 Å². The van der Waals surface area contributed by atoms with Crippen LogP contribution in [0.5, 0.6) is 5.75 Å². The van der Waals surface area contributed by atoms with Crippen LogP contribution in [0.4, 0.5) is 11.4 Å². The van der Waals surface area contributed by atoms with Gasteiger partial charge in [-0.2, -0.15) is 0 Å². The first-order chi connectivity index (χ1) is 14.8.